The van der Waals surface area contributed by atoms with Crippen molar-refractivity contribution in [3.8, 4) is 0 Å². The highest BCUT2D eigenvalue weighted by atomic mass is 79.9. The van der Waals surface area contributed by atoms with Gasteiger partial charge in [-0.15, -0.1) is 0 Å². The van der Waals surface area contributed by atoms with Crippen LogP contribution in [0, 0.1) is 0 Å². The standard InChI is InChI=1S/C22H18BrNO3/c1-3-27-22(26)17-12(2)24-20-13-8-4-5-9-14(13)21(25)19(20)18(17)15-10-6-7-11-16(15)23/h4-11,18,24H,3H2,1-2H3/t18-/m1/s1. The van der Waals surface area contributed by atoms with Crippen LogP contribution >= 0.6 is 15.9 Å². The maximum atomic E-state index is 13.3. The number of allylic oxidation sites excluding steroid dienone is 2. The van der Waals surface area contributed by atoms with Crippen LogP contribution in [0.4, 0.5) is 0 Å². The summed E-state index contributed by atoms with van der Waals surface area (Å²) in [5, 5.41) is 3.30. The van der Waals surface area contributed by atoms with Crippen LogP contribution in [-0.2, 0) is 9.53 Å². The molecule has 2 aliphatic rings. The molecule has 0 radical (unpaired) electrons. The number of hydrogen-bond acceptors (Lipinski definition) is 4. The van der Waals surface area contributed by atoms with E-state index in [1.165, 1.54) is 0 Å². The van der Waals surface area contributed by atoms with Crippen molar-refractivity contribution in [2.75, 3.05) is 6.61 Å². The molecule has 4 nitrogen and oxygen atoms in total. The third-order valence-electron chi connectivity index (χ3n) is 4.96. The average molecular weight is 424 g/mol. The van der Waals surface area contributed by atoms with Gasteiger partial charge in [-0.25, -0.2) is 4.79 Å². The Hall–Kier alpha value is -2.66. The number of esters is 1. The Labute approximate surface area is 166 Å². The van der Waals surface area contributed by atoms with Gasteiger partial charge in [0.2, 0.25) is 0 Å². The molecule has 0 spiro atoms. The zero-order chi connectivity index (χ0) is 19.1. The zero-order valence-electron chi connectivity index (χ0n) is 15.0. The van der Waals surface area contributed by atoms with Gasteiger partial charge in [0.05, 0.1) is 17.9 Å². The summed E-state index contributed by atoms with van der Waals surface area (Å²) >= 11 is 3.59. The summed E-state index contributed by atoms with van der Waals surface area (Å²) in [7, 11) is 0. The van der Waals surface area contributed by atoms with Crippen molar-refractivity contribution in [2.45, 2.75) is 19.8 Å². The zero-order valence-corrected chi connectivity index (χ0v) is 16.6. The highest BCUT2D eigenvalue weighted by molar-refractivity contribution is 9.10. The van der Waals surface area contributed by atoms with Crippen molar-refractivity contribution < 1.29 is 14.3 Å². The quantitative estimate of drug-likeness (QED) is 0.733. The van der Waals surface area contributed by atoms with Crippen LogP contribution in [0.15, 0.2) is 69.8 Å². The largest absolute Gasteiger partial charge is 0.463 e. The number of fused-ring (bicyclic) bond motifs is 2. The first-order chi connectivity index (χ1) is 13.0. The van der Waals surface area contributed by atoms with Crippen LogP contribution in [0.1, 0.15) is 41.3 Å². The minimum Gasteiger partial charge on any atom is -0.463 e. The molecule has 27 heavy (non-hydrogen) atoms. The Morgan fingerprint density at radius 2 is 1.78 bits per heavy atom. The maximum absolute atomic E-state index is 13.3. The first-order valence-electron chi connectivity index (χ1n) is 8.82. The van der Waals surface area contributed by atoms with Crippen LogP contribution in [-0.4, -0.2) is 18.4 Å². The second-order valence-electron chi connectivity index (χ2n) is 6.50. The topological polar surface area (TPSA) is 55.4 Å². The van der Waals surface area contributed by atoms with Gasteiger partial charge < -0.3 is 10.1 Å². The smallest absolute Gasteiger partial charge is 0.336 e. The monoisotopic (exact) mass is 423 g/mol. The number of halogens is 1. The van der Waals surface area contributed by atoms with Crippen LogP contribution < -0.4 is 5.32 Å². The van der Waals surface area contributed by atoms with E-state index in [-0.39, 0.29) is 12.4 Å². The van der Waals surface area contributed by atoms with Crippen molar-refractivity contribution in [3.63, 3.8) is 0 Å². The van der Waals surface area contributed by atoms with E-state index in [0.717, 1.165) is 21.3 Å². The van der Waals surface area contributed by atoms with Crippen molar-refractivity contribution in [3.05, 3.63) is 86.5 Å². The van der Waals surface area contributed by atoms with Gasteiger partial charge in [0, 0.05) is 32.8 Å². The second kappa shape index (κ2) is 6.82. The van der Waals surface area contributed by atoms with Crippen LogP contribution in [0.2, 0.25) is 0 Å². The molecule has 2 aromatic carbocycles. The van der Waals surface area contributed by atoms with Crippen molar-refractivity contribution in [1.29, 1.82) is 0 Å². The molecule has 0 saturated heterocycles. The molecule has 2 aromatic rings. The van der Waals surface area contributed by atoms with Gasteiger partial charge in [0.15, 0.2) is 5.78 Å². The fourth-order valence-corrected chi connectivity index (χ4v) is 4.34. The highest BCUT2D eigenvalue weighted by Gasteiger charge is 2.43. The molecule has 1 N–H and O–H groups in total. The Bertz CT molecular complexity index is 1040. The first kappa shape index (κ1) is 17.7. The Morgan fingerprint density at radius 3 is 2.48 bits per heavy atom. The molecule has 0 saturated carbocycles. The van der Waals surface area contributed by atoms with Gasteiger partial charge >= 0.3 is 5.97 Å². The number of ether oxygens (including phenoxy) is 1. The number of rotatable bonds is 3. The van der Waals surface area contributed by atoms with Crippen molar-refractivity contribution in [2.24, 2.45) is 0 Å². The molecule has 1 atom stereocenters. The number of Topliss-reactive ketones (excluding diaryl/α,β-unsaturated/α-hetero) is 1. The number of nitrogens with one attached hydrogen (secondary N) is 1. The summed E-state index contributed by atoms with van der Waals surface area (Å²) in [6, 6.07) is 15.2. The molecule has 1 heterocycles. The number of dihydropyridines is 1. The predicted octanol–water partition coefficient (Wildman–Crippen LogP) is 4.58. The lowest BCUT2D eigenvalue weighted by atomic mass is 9.80. The van der Waals surface area contributed by atoms with Gasteiger partial charge in [0.1, 0.15) is 0 Å². The lowest BCUT2D eigenvalue weighted by molar-refractivity contribution is -0.138. The lowest BCUT2D eigenvalue weighted by Crippen LogP contribution is -2.29. The van der Waals surface area contributed by atoms with E-state index in [0.29, 0.717) is 22.4 Å². The normalized spacial score (nSPS) is 18.2. The van der Waals surface area contributed by atoms with E-state index in [1.807, 2.05) is 55.5 Å². The molecule has 0 amide bonds. The van der Waals surface area contributed by atoms with E-state index in [4.69, 9.17) is 4.74 Å². The SMILES string of the molecule is CCOC(=O)C1=C(C)NC2=C(C(=O)c3ccccc32)[C@@H]1c1ccccc1Br. The van der Waals surface area contributed by atoms with Crippen LogP contribution in [0.25, 0.3) is 5.70 Å². The number of carbonyl (C=O) groups is 2. The highest BCUT2D eigenvalue weighted by Crippen LogP contribution is 2.48. The molecule has 136 valence electrons. The molecule has 0 fully saturated rings. The average Bonchev–Trinajstić information content (AvgIpc) is 2.94. The Balaban J connectivity index is 1.96. The lowest BCUT2D eigenvalue weighted by Gasteiger charge is -2.29. The van der Waals surface area contributed by atoms with E-state index in [2.05, 4.69) is 21.2 Å². The van der Waals surface area contributed by atoms with Crippen LogP contribution in [0.5, 0.6) is 0 Å². The molecule has 5 heteroatoms. The van der Waals surface area contributed by atoms with E-state index in [9.17, 15) is 9.59 Å². The minimum absolute atomic E-state index is 0.0526. The third kappa shape index (κ3) is 2.73. The maximum Gasteiger partial charge on any atom is 0.336 e. The third-order valence-corrected chi connectivity index (χ3v) is 5.68. The van der Waals surface area contributed by atoms with Gasteiger partial charge in [-0.1, -0.05) is 58.4 Å². The Kier molecular flexibility index (Phi) is 4.48. The molecule has 1 aliphatic carbocycles. The molecule has 0 bridgehead atoms. The molecule has 4 rings (SSSR count). The number of hydrogen-bond donors (Lipinski definition) is 1. The van der Waals surface area contributed by atoms with Crippen molar-refractivity contribution in [1.82, 2.24) is 5.32 Å². The summed E-state index contributed by atoms with van der Waals surface area (Å²) in [5.74, 6) is -0.947. The summed E-state index contributed by atoms with van der Waals surface area (Å²) < 4.78 is 6.17. The number of benzene rings is 2. The second-order valence-corrected chi connectivity index (χ2v) is 7.36. The van der Waals surface area contributed by atoms with Crippen molar-refractivity contribution >= 4 is 33.4 Å². The van der Waals surface area contributed by atoms with Gasteiger partial charge in [0.25, 0.3) is 0 Å². The minimum atomic E-state index is -0.490. The van der Waals surface area contributed by atoms with E-state index < -0.39 is 11.9 Å². The van der Waals surface area contributed by atoms with Gasteiger partial charge in [-0.2, -0.15) is 0 Å². The Morgan fingerprint density at radius 1 is 1.11 bits per heavy atom. The summed E-state index contributed by atoms with van der Waals surface area (Å²) in [5.41, 5.74) is 4.96. The van der Waals surface area contributed by atoms with Gasteiger partial charge in [-0.3, -0.25) is 4.79 Å². The molecular formula is C22H18BrNO3. The number of carbonyl (C=O) groups excluding carboxylic acids is 2. The van der Waals surface area contributed by atoms with E-state index >= 15 is 0 Å². The molecular weight excluding hydrogens is 406 g/mol. The molecule has 1 aliphatic heterocycles. The molecule has 0 aromatic heterocycles. The van der Waals surface area contributed by atoms with Gasteiger partial charge in [-0.05, 0) is 25.5 Å². The fourth-order valence-electron chi connectivity index (χ4n) is 3.83. The summed E-state index contributed by atoms with van der Waals surface area (Å²) in [4.78, 5) is 26.1. The summed E-state index contributed by atoms with van der Waals surface area (Å²) in [6.45, 7) is 3.91. The van der Waals surface area contributed by atoms with Crippen LogP contribution in [0.3, 0.4) is 0 Å². The first-order valence-corrected chi connectivity index (χ1v) is 9.61. The fraction of sp³-hybridized carbons (Fsp3) is 0.182. The van der Waals surface area contributed by atoms with E-state index in [1.54, 1.807) is 6.92 Å². The summed E-state index contributed by atoms with van der Waals surface area (Å²) in [6.07, 6.45) is 0. The number of ketones is 1. The molecule has 0 unspecified atom stereocenters. The predicted molar refractivity (Wildman–Crippen MR) is 107 cm³/mol.